The highest BCUT2D eigenvalue weighted by molar-refractivity contribution is 9.10. The minimum atomic E-state index is -0.00464. The number of amides is 2. The van der Waals surface area contributed by atoms with E-state index in [-0.39, 0.29) is 23.7 Å². The van der Waals surface area contributed by atoms with Gasteiger partial charge in [0.25, 0.3) is 0 Å². The Labute approximate surface area is 102 Å². The zero-order valence-corrected chi connectivity index (χ0v) is 10.1. The number of piperidine rings is 1. The van der Waals surface area contributed by atoms with Crippen molar-refractivity contribution < 1.29 is 9.59 Å². The van der Waals surface area contributed by atoms with Gasteiger partial charge in [0.05, 0.1) is 18.4 Å². The van der Waals surface area contributed by atoms with Crippen LogP contribution in [0.2, 0.25) is 0 Å². The topological polar surface area (TPSA) is 37.4 Å². The molecule has 2 atom stereocenters. The van der Waals surface area contributed by atoms with E-state index in [2.05, 4.69) is 15.9 Å². The molecule has 0 aromatic heterocycles. The molecule has 2 aliphatic rings. The van der Waals surface area contributed by atoms with Gasteiger partial charge in [-0.2, -0.15) is 0 Å². The van der Waals surface area contributed by atoms with Crippen molar-refractivity contribution in [1.29, 1.82) is 0 Å². The minimum Gasteiger partial charge on any atom is -0.278 e. The highest BCUT2D eigenvalue weighted by atomic mass is 79.9. The number of hydrogen-bond donors (Lipinski definition) is 0. The molecule has 0 bridgehead atoms. The van der Waals surface area contributed by atoms with Gasteiger partial charge >= 0.3 is 0 Å². The Hall–Kier alpha value is -1.16. The van der Waals surface area contributed by atoms with Gasteiger partial charge in [0.15, 0.2) is 0 Å². The van der Waals surface area contributed by atoms with E-state index < -0.39 is 0 Å². The standard InChI is InChI=1S/C12H10BrNO2/c13-10-4-2-1-3-7(10)6-14-11(15)8-5-9(8)12(14)16/h1-4,8-9H,5-6H2. The summed E-state index contributed by atoms with van der Waals surface area (Å²) in [6.45, 7) is 0.395. The molecule has 4 heteroatoms. The maximum atomic E-state index is 11.8. The average Bonchev–Trinajstić information content (AvgIpc) is 3.02. The van der Waals surface area contributed by atoms with E-state index in [9.17, 15) is 9.59 Å². The van der Waals surface area contributed by atoms with Crippen LogP contribution < -0.4 is 0 Å². The fraction of sp³-hybridized carbons (Fsp3) is 0.333. The van der Waals surface area contributed by atoms with Gasteiger partial charge in [-0.3, -0.25) is 14.5 Å². The highest BCUT2D eigenvalue weighted by Gasteiger charge is 2.58. The average molecular weight is 280 g/mol. The van der Waals surface area contributed by atoms with Gasteiger partial charge in [-0.05, 0) is 18.1 Å². The van der Waals surface area contributed by atoms with Crippen LogP contribution in [0.5, 0.6) is 0 Å². The number of halogens is 1. The lowest BCUT2D eigenvalue weighted by molar-refractivity contribution is -0.142. The van der Waals surface area contributed by atoms with Gasteiger partial charge in [-0.25, -0.2) is 0 Å². The Kier molecular flexibility index (Phi) is 2.14. The third kappa shape index (κ3) is 1.40. The first-order valence-electron chi connectivity index (χ1n) is 5.27. The van der Waals surface area contributed by atoms with Crippen molar-refractivity contribution in [1.82, 2.24) is 4.90 Å². The van der Waals surface area contributed by atoms with Gasteiger partial charge in [-0.1, -0.05) is 34.1 Å². The van der Waals surface area contributed by atoms with Crippen molar-refractivity contribution in [2.45, 2.75) is 13.0 Å². The van der Waals surface area contributed by atoms with Crippen LogP contribution in [-0.4, -0.2) is 16.7 Å². The summed E-state index contributed by atoms with van der Waals surface area (Å²) in [7, 11) is 0. The number of likely N-dealkylation sites (tertiary alicyclic amines) is 1. The van der Waals surface area contributed by atoms with E-state index in [0.29, 0.717) is 6.54 Å². The summed E-state index contributed by atoms with van der Waals surface area (Å²) < 4.78 is 0.941. The molecule has 1 saturated carbocycles. The second-order valence-corrected chi connectivity index (χ2v) is 5.16. The third-order valence-electron chi connectivity index (χ3n) is 3.24. The maximum absolute atomic E-state index is 11.8. The van der Waals surface area contributed by atoms with Crippen molar-refractivity contribution in [3.05, 3.63) is 34.3 Å². The fourth-order valence-electron chi connectivity index (χ4n) is 2.20. The number of rotatable bonds is 2. The van der Waals surface area contributed by atoms with E-state index in [4.69, 9.17) is 0 Å². The number of imide groups is 1. The van der Waals surface area contributed by atoms with Crippen molar-refractivity contribution in [2.24, 2.45) is 11.8 Å². The molecule has 2 unspecified atom stereocenters. The summed E-state index contributed by atoms with van der Waals surface area (Å²) in [4.78, 5) is 24.9. The van der Waals surface area contributed by atoms with Crippen molar-refractivity contribution >= 4 is 27.7 Å². The van der Waals surface area contributed by atoms with E-state index in [1.54, 1.807) is 0 Å². The molecule has 1 aromatic carbocycles. The molecule has 0 N–H and O–H groups in total. The molecule has 82 valence electrons. The lowest BCUT2D eigenvalue weighted by Crippen LogP contribution is -2.32. The summed E-state index contributed by atoms with van der Waals surface area (Å²) in [6, 6.07) is 7.67. The second kappa shape index (κ2) is 3.42. The normalized spacial score (nSPS) is 27.2. The zero-order valence-electron chi connectivity index (χ0n) is 8.52. The molecule has 1 aliphatic carbocycles. The van der Waals surface area contributed by atoms with Gasteiger partial charge < -0.3 is 0 Å². The van der Waals surface area contributed by atoms with E-state index >= 15 is 0 Å². The number of carbonyl (C=O) groups excluding carboxylic acids is 2. The van der Waals surface area contributed by atoms with Gasteiger partial charge in [0, 0.05) is 4.47 Å². The van der Waals surface area contributed by atoms with Crippen LogP contribution in [0.1, 0.15) is 12.0 Å². The molecule has 2 fully saturated rings. The van der Waals surface area contributed by atoms with Crippen LogP contribution in [0.25, 0.3) is 0 Å². The molecule has 0 spiro atoms. The van der Waals surface area contributed by atoms with E-state index in [0.717, 1.165) is 16.5 Å². The first-order valence-corrected chi connectivity index (χ1v) is 6.06. The molecule has 3 rings (SSSR count). The molecule has 1 heterocycles. The monoisotopic (exact) mass is 279 g/mol. The van der Waals surface area contributed by atoms with Crippen LogP contribution in [-0.2, 0) is 16.1 Å². The summed E-state index contributed by atoms with van der Waals surface area (Å²) in [5.41, 5.74) is 0.977. The SMILES string of the molecule is O=C1C2CC2C(=O)N1Cc1ccccc1Br. The van der Waals surface area contributed by atoms with Crippen molar-refractivity contribution in [3.8, 4) is 0 Å². The van der Waals surface area contributed by atoms with Crippen molar-refractivity contribution in [2.75, 3.05) is 0 Å². The predicted molar refractivity (Wildman–Crippen MR) is 61.3 cm³/mol. The summed E-state index contributed by atoms with van der Waals surface area (Å²) in [6.07, 6.45) is 0.768. The summed E-state index contributed by atoms with van der Waals surface area (Å²) in [5, 5.41) is 0. The van der Waals surface area contributed by atoms with Crippen molar-refractivity contribution in [3.63, 3.8) is 0 Å². The van der Waals surface area contributed by atoms with E-state index in [1.165, 1.54) is 4.90 Å². The zero-order chi connectivity index (χ0) is 11.3. The third-order valence-corrected chi connectivity index (χ3v) is 4.02. The maximum Gasteiger partial charge on any atom is 0.233 e. The molecule has 2 amide bonds. The number of benzene rings is 1. The molecular weight excluding hydrogens is 270 g/mol. The molecule has 1 aromatic rings. The van der Waals surface area contributed by atoms with E-state index in [1.807, 2.05) is 24.3 Å². The first-order chi connectivity index (χ1) is 7.68. The second-order valence-electron chi connectivity index (χ2n) is 4.30. The Bertz CT molecular complexity index is 466. The van der Waals surface area contributed by atoms with Gasteiger partial charge in [0.1, 0.15) is 0 Å². The first kappa shape index (κ1) is 10.0. The van der Waals surface area contributed by atoms with Crippen LogP contribution in [0.3, 0.4) is 0 Å². The molecule has 1 saturated heterocycles. The predicted octanol–water partition coefficient (Wildman–Crippen LogP) is 1.95. The van der Waals surface area contributed by atoms with Crippen LogP contribution in [0, 0.1) is 11.8 Å². The highest BCUT2D eigenvalue weighted by Crippen LogP contribution is 2.47. The Balaban J connectivity index is 1.83. The smallest absolute Gasteiger partial charge is 0.233 e. The van der Waals surface area contributed by atoms with Crippen LogP contribution in [0.15, 0.2) is 28.7 Å². The molecule has 1 aliphatic heterocycles. The Morgan fingerprint density at radius 1 is 1.19 bits per heavy atom. The molecule has 16 heavy (non-hydrogen) atoms. The lowest BCUT2D eigenvalue weighted by Gasteiger charge is -2.17. The Morgan fingerprint density at radius 3 is 2.44 bits per heavy atom. The molecule has 3 nitrogen and oxygen atoms in total. The fourth-order valence-corrected chi connectivity index (χ4v) is 2.61. The number of fused-ring (bicyclic) bond motifs is 1. The number of carbonyl (C=O) groups is 2. The summed E-state index contributed by atoms with van der Waals surface area (Å²) in [5.74, 6) is 0.00137. The molecule has 0 radical (unpaired) electrons. The van der Waals surface area contributed by atoms with Gasteiger partial charge in [0.2, 0.25) is 11.8 Å². The Morgan fingerprint density at radius 2 is 1.81 bits per heavy atom. The van der Waals surface area contributed by atoms with Gasteiger partial charge in [-0.15, -0.1) is 0 Å². The largest absolute Gasteiger partial charge is 0.278 e. The number of nitrogens with zero attached hydrogens (tertiary/aromatic N) is 1. The lowest BCUT2D eigenvalue weighted by atomic mass is 10.2. The quantitative estimate of drug-likeness (QED) is 0.776. The minimum absolute atomic E-state index is 0.00464. The number of hydrogen-bond acceptors (Lipinski definition) is 2. The van der Waals surface area contributed by atoms with Crippen LogP contribution in [0.4, 0.5) is 0 Å². The molecular formula is C12H10BrNO2. The van der Waals surface area contributed by atoms with Crippen LogP contribution >= 0.6 is 15.9 Å². The summed E-state index contributed by atoms with van der Waals surface area (Å²) >= 11 is 3.42.